The van der Waals surface area contributed by atoms with E-state index >= 15 is 0 Å². The second-order valence-corrected chi connectivity index (χ2v) is 2.13. The molecule has 1 aromatic rings. The Hall–Kier alpha value is -1.78. The van der Waals surface area contributed by atoms with Crippen LogP contribution in [0.3, 0.4) is 0 Å². The molecule has 0 radical (unpaired) electrons. The molecule has 0 aliphatic carbocycles. The molecule has 0 fully saturated rings. The van der Waals surface area contributed by atoms with E-state index in [4.69, 9.17) is 0 Å². The summed E-state index contributed by atoms with van der Waals surface area (Å²) in [7, 11) is 0. The standard InChI is InChI=1S/C7H7N3O2/c1-6-8-4-2-7(9-6)3-5-10(11)12/h2-5H,1H3/b5-3+. The highest BCUT2D eigenvalue weighted by Crippen LogP contribution is 1.96. The van der Waals surface area contributed by atoms with Crippen LogP contribution in [0, 0.1) is 17.0 Å². The lowest BCUT2D eigenvalue weighted by molar-refractivity contribution is -0.401. The maximum atomic E-state index is 9.93. The van der Waals surface area contributed by atoms with Crippen molar-refractivity contribution in [1.82, 2.24) is 9.97 Å². The average Bonchev–Trinajstić information content (AvgIpc) is 2.01. The fourth-order valence-corrected chi connectivity index (χ4v) is 0.705. The number of hydrogen-bond acceptors (Lipinski definition) is 4. The third kappa shape index (κ3) is 2.45. The molecular formula is C7H7N3O2. The van der Waals surface area contributed by atoms with Gasteiger partial charge < -0.3 is 0 Å². The number of hydrogen-bond donors (Lipinski definition) is 0. The van der Waals surface area contributed by atoms with Gasteiger partial charge in [0.05, 0.1) is 10.6 Å². The Balaban J connectivity index is 2.83. The van der Waals surface area contributed by atoms with Crippen molar-refractivity contribution in [2.45, 2.75) is 6.92 Å². The van der Waals surface area contributed by atoms with E-state index in [0.717, 1.165) is 6.20 Å². The Kier molecular flexibility index (Phi) is 2.47. The van der Waals surface area contributed by atoms with Gasteiger partial charge in [-0.05, 0) is 13.0 Å². The van der Waals surface area contributed by atoms with Crippen LogP contribution >= 0.6 is 0 Å². The number of rotatable bonds is 2. The van der Waals surface area contributed by atoms with Gasteiger partial charge in [0.15, 0.2) is 0 Å². The van der Waals surface area contributed by atoms with E-state index in [1.807, 2.05) is 0 Å². The van der Waals surface area contributed by atoms with Crippen molar-refractivity contribution in [2.75, 3.05) is 0 Å². The van der Waals surface area contributed by atoms with Crippen molar-refractivity contribution >= 4 is 6.08 Å². The zero-order valence-electron chi connectivity index (χ0n) is 6.47. The predicted octanol–water partition coefficient (Wildman–Crippen LogP) is 1.03. The van der Waals surface area contributed by atoms with Crippen molar-refractivity contribution in [3.8, 4) is 0 Å². The van der Waals surface area contributed by atoms with Crippen molar-refractivity contribution in [3.63, 3.8) is 0 Å². The monoisotopic (exact) mass is 165 g/mol. The Labute approximate surface area is 68.9 Å². The molecule has 0 aliphatic heterocycles. The lowest BCUT2D eigenvalue weighted by Crippen LogP contribution is -1.89. The van der Waals surface area contributed by atoms with Crippen LogP contribution in [-0.4, -0.2) is 14.9 Å². The van der Waals surface area contributed by atoms with Gasteiger partial charge in [-0.3, -0.25) is 10.1 Å². The van der Waals surface area contributed by atoms with Gasteiger partial charge in [-0.2, -0.15) is 0 Å². The second kappa shape index (κ2) is 3.56. The molecule has 0 spiro atoms. The number of nitro groups is 1. The fourth-order valence-electron chi connectivity index (χ4n) is 0.705. The molecule has 1 aromatic heterocycles. The van der Waals surface area contributed by atoms with Gasteiger partial charge >= 0.3 is 0 Å². The summed E-state index contributed by atoms with van der Waals surface area (Å²) >= 11 is 0. The van der Waals surface area contributed by atoms with Crippen LogP contribution in [0.15, 0.2) is 18.5 Å². The molecule has 5 heteroatoms. The van der Waals surface area contributed by atoms with E-state index in [-0.39, 0.29) is 0 Å². The zero-order valence-corrected chi connectivity index (χ0v) is 6.47. The summed E-state index contributed by atoms with van der Waals surface area (Å²) in [6.07, 6.45) is 3.73. The third-order valence-corrected chi connectivity index (χ3v) is 1.16. The number of nitrogens with zero attached hydrogens (tertiary/aromatic N) is 3. The molecule has 0 unspecified atom stereocenters. The summed E-state index contributed by atoms with van der Waals surface area (Å²) in [6, 6.07) is 1.60. The SMILES string of the molecule is Cc1nccc(/C=C/[N+](=O)[O-])n1. The van der Waals surface area contributed by atoms with Crippen LogP contribution in [0.5, 0.6) is 0 Å². The van der Waals surface area contributed by atoms with E-state index in [0.29, 0.717) is 11.5 Å². The maximum absolute atomic E-state index is 9.93. The molecule has 5 nitrogen and oxygen atoms in total. The van der Waals surface area contributed by atoms with Gasteiger partial charge in [0.1, 0.15) is 5.82 Å². The lowest BCUT2D eigenvalue weighted by atomic mass is 10.4. The topological polar surface area (TPSA) is 68.9 Å². The Bertz CT molecular complexity index is 322. The quantitative estimate of drug-likeness (QED) is 0.484. The van der Waals surface area contributed by atoms with Gasteiger partial charge in [0.25, 0.3) is 0 Å². The average molecular weight is 165 g/mol. The minimum Gasteiger partial charge on any atom is -0.259 e. The first-order valence-electron chi connectivity index (χ1n) is 3.30. The Morgan fingerprint density at radius 3 is 3.00 bits per heavy atom. The first kappa shape index (κ1) is 8.32. The molecule has 0 amide bonds. The van der Waals surface area contributed by atoms with Gasteiger partial charge in [-0.15, -0.1) is 0 Å². The molecule has 1 heterocycles. The Morgan fingerprint density at radius 2 is 2.42 bits per heavy atom. The van der Waals surface area contributed by atoms with Crippen LogP contribution in [0.1, 0.15) is 11.5 Å². The highest BCUT2D eigenvalue weighted by Gasteiger charge is 1.92. The molecule has 62 valence electrons. The van der Waals surface area contributed by atoms with Crippen LogP contribution < -0.4 is 0 Å². The summed E-state index contributed by atoms with van der Waals surface area (Å²) in [5, 5.41) is 9.93. The van der Waals surface area contributed by atoms with E-state index in [1.54, 1.807) is 19.2 Å². The first-order valence-corrected chi connectivity index (χ1v) is 3.30. The molecule has 0 bridgehead atoms. The van der Waals surface area contributed by atoms with Crippen LogP contribution in [0.4, 0.5) is 0 Å². The van der Waals surface area contributed by atoms with Gasteiger partial charge in [0, 0.05) is 12.3 Å². The smallest absolute Gasteiger partial charge is 0.236 e. The molecular weight excluding hydrogens is 158 g/mol. The minimum atomic E-state index is -0.530. The third-order valence-electron chi connectivity index (χ3n) is 1.16. The van der Waals surface area contributed by atoms with E-state index in [1.165, 1.54) is 6.08 Å². The molecule has 0 aliphatic rings. The molecule has 0 atom stereocenters. The molecule has 0 saturated heterocycles. The summed E-state index contributed by atoms with van der Waals surface area (Å²) in [5.74, 6) is 0.598. The van der Waals surface area contributed by atoms with Crippen molar-refractivity contribution in [2.24, 2.45) is 0 Å². The van der Waals surface area contributed by atoms with Gasteiger partial charge in [-0.1, -0.05) is 0 Å². The number of aryl methyl sites for hydroxylation is 1. The van der Waals surface area contributed by atoms with E-state index < -0.39 is 4.92 Å². The van der Waals surface area contributed by atoms with E-state index in [2.05, 4.69) is 9.97 Å². The molecule has 0 N–H and O–H groups in total. The first-order chi connectivity index (χ1) is 5.68. The van der Waals surface area contributed by atoms with Crippen LogP contribution in [0.25, 0.3) is 6.08 Å². The molecule has 1 rings (SSSR count). The number of aromatic nitrogens is 2. The van der Waals surface area contributed by atoms with Gasteiger partial charge in [0.2, 0.25) is 6.20 Å². The van der Waals surface area contributed by atoms with E-state index in [9.17, 15) is 10.1 Å². The highest BCUT2D eigenvalue weighted by molar-refractivity contribution is 5.41. The molecule has 12 heavy (non-hydrogen) atoms. The normalized spacial score (nSPS) is 10.4. The van der Waals surface area contributed by atoms with Crippen molar-refractivity contribution in [3.05, 3.63) is 40.1 Å². The highest BCUT2D eigenvalue weighted by atomic mass is 16.6. The summed E-state index contributed by atoms with van der Waals surface area (Å²) in [5.41, 5.74) is 0.541. The van der Waals surface area contributed by atoms with Gasteiger partial charge in [-0.25, -0.2) is 9.97 Å². The zero-order chi connectivity index (χ0) is 8.97. The Morgan fingerprint density at radius 1 is 1.67 bits per heavy atom. The summed E-state index contributed by atoms with van der Waals surface area (Å²) < 4.78 is 0. The summed E-state index contributed by atoms with van der Waals surface area (Å²) in [6.45, 7) is 1.73. The minimum absolute atomic E-state index is 0.530. The van der Waals surface area contributed by atoms with Crippen molar-refractivity contribution < 1.29 is 4.92 Å². The van der Waals surface area contributed by atoms with Crippen LogP contribution in [0.2, 0.25) is 0 Å². The second-order valence-electron chi connectivity index (χ2n) is 2.13. The maximum Gasteiger partial charge on any atom is 0.236 e. The van der Waals surface area contributed by atoms with Crippen LogP contribution in [-0.2, 0) is 0 Å². The van der Waals surface area contributed by atoms with Crippen molar-refractivity contribution in [1.29, 1.82) is 0 Å². The molecule has 0 aromatic carbocycles. The molecule has 0 saturated carbocycles. The predicted molar refractivity (Wildman–Crippen MR) is 42.8 cm³/mol. The fraction of sp³-hybridized carbons (Fsp3) is 0.143. The summed E-state index contributed by atoms with van der Waals surface area (Å²) in [4.78, 5) is 17.2. The lowest BCUT2D eigenvalue weighted by Gasteiger charge is -1.91. The largest absolute Gasteiger partial charge is 0.259 e.